The van der Waals surface area contributed by atoms with E-state index in [4.69, 9.17) is 11.6 Å². The van der Waals surface area contributed by atoms with Crippen LogP contribution in [0.4, 0.5) is 0 Å². The average molecular weight is 304 g/mol. The van der Waals surface area contributed by atoms with Crippen LogP contribution in [0, 0.1) is 23.7 Å². The van der Waals surface area contributed by atoms with Crippen LogP contribution in [0.2, 0.25) is 5.02 Å². The quantitative estimate of drug-likeness (QED) is 0.851. The molecule has 3 aliphatic rings. The molecule has 1 aromatic carbocycles. The number of nitrogens with one attached hydrogen (secondary N) is 1. The van der Waals surface area contributed by atoms with E-state index in [1.54, 1.807) is 0 Å². The first kappa shape index (κ1) is 14.1. The van der Waals surface area contributed by atoms with Crippen molar-refractivity contribution in [1.82, 2.24) is 5.32 Å². The molecule has 0 heterocycles. The molecule has 3 saturated carbocycles. The van der Waals surface area contributed by atoms with Crippen LogP contribution in [-0.2, 0) is 6.42 Å². The predicted octanol–water partition coefficient (Wildman–Crippen LogP) is 4.69. The van der Waals surface area contributed by atoms with Crippen LogP contribution in [0.15, 0.2) is 24.3 Å². The minimum absolute atomic E-state index is 0.565. The molecule has 0 saturated heterocycles. The van der Waals surface area contributed by atoms with Gasteiger partial charge in [0.05, 0.1) is 0 Å². The third-order valence-electron chi connectivity index (χ3n) is 6.38. The van der Waals surface area contributed by atoms with E-state index >= 15 is 0 Å². The molecule has 0 spiro atoms. The number of benzene rings is 1. The fourth-order valence-electron chi connectivity index (χ4n) is 5.66. The lowest BCUT2D eigenvalue weighted by molar-refractivity contribution is 0.199. The first-order valence-electron chi connectivity index (χ1n) is 8.71. The van der Waals surface area contributed by atoms with E-state index in [2.05, 4.69) is 24.4 Å². The fraction of sp³-hybridized carbons (Fsp3) is 0.684. The molecule has 0 aliphatic heterocycles. The molecular formula is C19H26ClN. The van der Waals surface area contributed by atoms with E-state index in [0.717, 1.165) is 41.2 Å². The van der Waals surface area contributed by atoms with Crippen molar-refractivity contribution in [2.24, 2.45) is 23.7 Å². The second-order valence-electron chi connectivity index (χ2n) is 7.66. The summed E-state index contributed by atoms with van der Waals surface area (Å²) in [5, 5.41) is 4.79. The maximum atomic E-state index is 5.96. The zero-order chi connectivity index (χ0) is 14.4. The van der Waals surface area contributed by atoms with Crippen molar-refractivity contribution in [3.63, 3.8) is 0 Å². The smallest absolute Gasteiger partial charge is 0.0406 e. The summed E-state index contributed by atoms with van der Waals surface area (Å²) in [6, 6.07) is 9.68. The van der Waals surface area contributed by atoms with Gasteiger partial charge in [0.2, 0.25) is 0 Å². The summed E-state index contributed by atoms with van der Waals surface area (Å²) in [6.45, 7) is 2.34. The number of fused-ring (bicyclic) bond motifs is 5. The molecule has 0 amide bonds. The molecule has 6 atom stereocenters. The van der Waals surface area contributed by atoms with Gasteiger partial charge in [0, 0.05) is 17.1 Å². The summed E-state index contributed by atoms with van der Waals surface area (Å²) in [7, 11) is 0. The summed E-state index contributed by atoms with van der Waals surface area (Å²) in [5.41, 5.74) is 1.39. The topological polar surface area (TPSA) is 12.0 Å². The molecule has 1 aromatic rings. The van der Waals surface area contributed by atoms with Crippen LogP contribution < -0.4 is 5.32 Å². The van der Waals surface area contributed by atoms with Gasteiger partial charge in [0.25, 0.3) is 0 Å². The summed E-state index contributed by atoms with van der Waals surface area (Å²) >= 11 is 5.96. The summed E-state index contributed by atoms with van der Waals surface area (Å²) in [4.78, 5) is 0. The van der Waals surface area contributed by atoms with Gasteiger partial charge >= 0.3 is 0 Å². The summed E-state index contributed by atoms with van der Waals surface area (Å²) < 4.78 is 0. The van der Waals surface area contributed by atoms with E-state index in [0.29, 0.717) is 6.04 Å². The monoisotopic (exact) mass is 303 g/mol. The first-order chi connectivity index (χ1) is 10.2. The molecule has 4 rings (SSSR count). The van der Waals surface area contributed by atoms with Crippen LogP contribution in [-0.4, -0.2) is 12.1 Å². The Morgan fingerprint density at radius 1 is 1.10 bits per heavy atom. The van der Waals surface area contributed by atoms with Crippen LogP contribution in [0.5, 0.6) is 0 Å². The molecule has 0 radical (unpaired) electrons. The highest BCUT2D eigenvalue weighted by Gasteiger charge is 2.53. The SMILES string of the molecule is CC(Cc1ccc(Cl)cc1)NC1CC2CC1C1CCCC21. The fourth-order valence-corrected chi connectivity index (χ4v) is 5.78. The molecule has 2 heteroatoms. The minimum Gasteiger partial charge on any atom is -0.311 e. The molecule has 0 aromatic heterocycles. The number of hydrogen-bond donors (Lipinski definition) is 1. The van der Waals surface area contributed by atoms with Crippen molar-refractivity contribution in [2.75, 3.05) is 0 Å². The second kappa shape index (κ2) is 5.59. The standard InChI is InChI=1S/C19H26ClN/c1-12(9-13-5-7-15(20)8-6-13)21-19-11-14-10-18(19)17-4-2-3-16(14)17/h5-8,12,14,16-19,21H,2-4,9-11H2,1H3. The Morgan fingerprint density at radius 3 is 2.67 bits per heavy atom. The Bertz CT molecular complexity index is 497. The minimum atomic E-state index is 0.565. The van der Waals surface area contributed by atoms with E-state index < -0.39 is 0 Å². The Kier molecular flexibility index (Phi) is 3.75. The van der Waals surface area contributed by atoms with Crippen molar-refractivity contribution in [3.05, 3.63) is 34.9 Å². The van der Waals surface area contributed by atoms with Crippen LogP contribution >= 0.6 is 11.6 Å². The van der Waals surface area contributed by atoms with Gasteiger partial charge in [-0.1, -0.05) is 30.2 Å². The number of halogens is 1. The summed E-state index contributed by atoms with van der Waals surface area (Å²) in [6.07, 6.45) is 8.60. The van der Waals surface area contributed by atoms with Gasteiger partial charge in [0.1, 0.15) is 0 Å². The molecule has 1 N–H and O–H groups in total. The van der Waals surface area contributed by atoms with Crippen molar-refractivity contribution >= 4 is 11.6 Å². The molecular weight excluding hydrogens is 278 g/mol. The third-order valence-corrected chi connectivity index (χ3v) is 6.63. The second-order valence-corrected chi connectivity index (χ2v) is 8.10. The van der Waals surface area contributed by atoms with Gasteiger partial charge in [-0.05, 0) is 80.4 Å². The lowest BCUT2D eigenvalue weighted by atomic mass is 9.79. The van der Waals surface area contributed by atoms with E-state index in [-0.39, 0.29) is 0 Å². The number of rotatable bonds is 4. The van der Waals surface area contributed by atoms with Gasteiger partial charge in [0.15, 0.2) is 0 Å². The normalized spacial score (nSPS) is 38.7. The molecule has 6 unspecified atom stereocenters. The largest absolute Gasteiger partial charge is 0.311 e. The Hall–Kier alpha value is -0.530. The van der Waals surface area contributed by atoms with Crippen LogP contribution in [0.1, 0.15) is 44.6 Å². The Labute approximate surface area is 133 Å². The zero-order valence-corrected chi connectivity index (χ0v) is 13.7. The van der Waals surface area contributed by atoms with E-state index in [1.807, 2.05) is 12.1 Å². The zero-order valence-electron chi connectivity index (χ0n) is 12.9. The van der Waals surface area contributed by atoms with Crippen molar-refractivity contribution in [1.29, 1.82) is 0 Å². The predicted molar refractivity (Wildman–Crippen MR) is 88.6 cm³/mol. The molecule has 1 nitrogen and oxygen atoms in total. The maximum Gasteiger partial charge on any atom is 0.0406 e. The molecule has 3 fully saturated rings. The van der Waals surface area contributed by atoms with Crippen LogP contribution in [0.3, 0.4) is 0 Å². The van der Waals surface area contributed by atoms with Gasteiger partial charge in [-0.2, -0.15) is 0 Å². The molecule has 3 aliphatic carbocycles. The molecule has 114 valence electrons. The molecule has 2 bridgehead atoms. The van der Waals surface area contributed by atoms with Gasteiger partial charge in [-0.25, -0.2) is 0 Å². The van der Waals surface area contributed by atoms with Crippen molar-refractivity contribution < 1.29 is 0 Å². The Morgan fingerprint density at radius 2 is 1.86 bits per heavy atom. The van der Waals surface area contributed by atoms with Gasteiger partial charge in [-0.3, -0.25) is 0 Å². The highest BCUT2D eigenvalue weighted by atomic mass is 35.5. The first-order valence-corrected chi connectivity index (χ1v) is 9.09. The Balaban J connectivity index is 1.35. The average Bonchev–Trinajstić information content (AvgIpc) is 3.13. The maximum absolute atomic E-state index is 5.96. The number of hydrogen-bond acceptors (Lipinski definition) is 1. The van der Waals surface area contributed by atoms with Gasteiger partial charge in [-0.15, -0.1) is 0 Å². The lowest BCUT2D eigenvalue weighted by Crippen LogP contribution is -2.44. The molecule has 21 heavy (non-hydrogen) atoms. The van der Waals surface area contributed by atoms with Crippen LogP contribution in [0.25, 0.3) is 0 Å². The van der Waals surface area contributed by atoms with Crippen molar-refractivity contribution in [2.45, 2.75) is 57.5 Å². The lowest BCUT2D eigenvalue weighted by Gasteiger charge is -2.34. The highest BCUT2D eigenvalue weighted by Crippen LogP contribution is 2.58. The third kappa shape index (κ3) is 2.64. The van der Waals surface area contributed by atoms with Crippen molar-refractivity contribution in [3.8, 4) is 0 Å². The van der Waals surface area contributed by atoms with E-state index in [1.165, 1.54) is 37.7 Å². The van der Waals surface area contributed by atoms with Gasteiger partial charge < -0.3 is 5.32 Å². The van der Waals surface area contributed by atoms with E-state index in [9.17, 15) is 0 Å². The highest BCUT2D eigenvalue weighted by molar-refractivity contribution is 6.30. The summed E-state index contributed by atoms with van der Waals surface area (Å²) in [5.74, 6) is 4.18.